The molecule has 0 saturated carbocycles. The average molecular weight is 403 g/mol. The van der Waals surface area contributed by atoms with Gasteiger partial charge in [0.25, 0.3) is 11.8 Å². The minimum atomic E-state index is -0.873. The summed E-state index contributed by atoms with van der Waals surface area (Å²) in [5.74, 6) is -2.52. The molecule has 9 heteroatoms. The third kappa shape index (κ3) is 5.66. The Morgan fingerprint density at radius 1 is 1.00 bits per heavy atom. The predicted octanol–water partition coefficient (Wildman–Crippen LogP) is 2.36. The Bertz CT molecular complexity index is 813. The molecule has 2 rings (SSSR count). The normalized spacial score (nSPS) is 11.7. The van der Waals surface area contributed by atoms with E-state index in [1.165, 1.54) is 0 Å². The lowest BCUT2D eigenvalue weighted by molar-refractivity contribution is -0.862. The zero-order chi connectivity index (χ0) is 19.3. The summed E-state index contributed by atoms with van der Waals surface area (Å²) in [7, 11) is 1.62. The molecule has 0 saturated heterocycles. The first-order valence-corrected chi connectivity index (χ1v) is 8.32. The second-order valence-corrected chi connectivity index (χ2v) is 6.44. The van der Waals surface area contributed by atoms with Gasteiger partial charge in [0.1, 0.15) is 11.6 Å². The van der Waals surface area contributed by atoms with Gasteiger partial charge in [0.15, 0.2) is 13.1 Å². The van der Waals surface area contributed by atoms with Crippen LogP contribution >= 0.6 is 23.2 Å². The van der Waals surface area contributed by atoms with Crippen molar-refractivity contribution in [1.82, 2.24) is 0 Å². The van der Waals surface area contributed by atoms with E-state index in [9.17, 15) is 18.4 Å². The Labute approximate surface area is 158 Å². The predicted molar refractivity (Wildman–Crippen MR) is 96.7 cm³/mol. The van der Waals surface area contributed by atoms with Crippen molar-refractivity contribution in [3.63, 3.8) is 0 Å². The van der Waals surface area contributed by atoms with Crippen LogP contribution in [-0.2, 0) is 9.59 Å². The summed E-state index contributed by atoms with van der Waals surface area (Å²) in [6.07, 6.45) is 0. The second kappa shape index (κ2) is 8.93. The third-order valence-corrected chi connectivity index (χ3v) is 3.99. The molecule has 0 heterocycles. The van der Waals surface area contributed by atoms with Crippen LogP contribution in [0.25, 0.3) is 0 Å². The molecule has 2 aromatic rings. The number of benzene rings is 2. The highest BCUT2D eigenvalue weighted by Gasteiger charge is 2.17. The van der Waals surface area contributed by atoms with Crippen LogP contribution in [-0.4, -0.2) is 32.0 Å². The minimum absolute atomic E-state index is 0.0408. The fourth-order valence-electron chi connectivity index (χ4n) is 2.20. The lowest BCUT2D eigenvalue weighted by Gasteiger charge is -2.15. The Morgan fingerprint density at radius 3 is 2.15 bits per heavy atom. The number of quaternary nitrogens is 1. The van der Waals surface area contributed by atoms with Crippen LogP contribution in [0.2, 0.25) is 10.0 Å². The van der Waals surface area contributed by atoms with Crippen LogP contribution in [0.5, 0.6) is 0 Å². The molecule has 0 fully saturated rings. The van der Waals surface area contributed by atoms with Gasteiger partial charge in [-0.25, -0.2) is 8.78 Å². The summed E-state index contributed by atoms with van der Waals surface area (Å²) in [6, 6.07) is 7.66. The molecular weight excluding hydrogens is 387 g/mol. The average Bonchev–Trinajstić information content (AvgIpc) is 2.53. The number of likely N-dealkylation sites (N-methyl/N-ethyl adjacent to an activating group) is 1. The van der Waals surface area contributed by atoms with E-state index >= 15 is 0 Å². The van der Waals surface area contributed by atoms with Crippen LogP contribution in [0.3, 0.4) is 0 Å². The molecule has 0 radical (unpaired) electrons. The molecule has 5 nitrogen and oxygen atoms in total. The molecule has 0 aliphatic heterocycles. The van der Waals surface area contributed by atoms with E-state index in [0.29, 0.717) is 26.7 Å². The van der Waals surface area contributed by atoms with Crippen molar-refractivity contribution in [3.8, 4) is 0 Å². The van der Waals surface area contributed by atoms with E-state index in [2.05, 4.69) is 10.6 Å². The Kier molecular flexibility index (Phi) is 6.90. The van der Waals surface area contributed by atoms with Gasteiger partial charge in [-0.2, -0.15) is 0 Å². The lowest BCUT2D eigenvalue weighted by Crippen LogP contribution is -3.11. The summed E-state index contributed by atoms with van der Waals surface area (Å²) < 4.78 is 26.4. The molecule has 3 N–H and O–H groups in total. The van der Waals surface area contributed by atoms with Crippen molar-refractivity contribution in [2.45, 2.75) is 0 Å². The summed E-state index contributed by atoms with van der Waals surface area (Å²) in [5, 5.41) is 5.52. The largest absolute Gasteiger partial charge is 0.322 e. The van der Waals surface area contributed by atoms with Crippen molar-refractivity contribution >= 4 is 46.4 Å². The molecule has 0 aliphatic rings. The van der Waals surface area contributed by atoms with E-state index in [4.69, 9.17) is 23.2 Å². The molecule has 2 aromatic carbocycles. The number of halogens is 4. The maximum absolute atomic E-state index is 13.5. The molecule has 0 aromatic heterocycles. The van der Waals surface area contributed by atoms with Crippen molar-refractivity contribution in [2.75, 3.05) is 30.8 Å². The smallest absolute Gasteiger partial charge is 0.279 e. The lowest BCUT2D eigenvalue weighted by atomic mass is 10.3. The zero-order valence-electron chi connectivity index (χ0n) is 13.7. The van der Waals surface area contributed by atoms with Gasteiger partial charge in [-0.1, -0.05) is 29.3 Å². The van der Waals surface area contributed by atoms with Gasteiger partial charge < -0.3 is 15.5 Å². The van der Waals surface area contributed by atoms with E-state index < -0.39 is 23.4 Å². The monoisotopic (exact) mass is 402 g/mol. The van der Waals surface area contributed by atoms with E-state index in [0.717, 1.165) is 12.1 Å². The zero-order valence-corrected chi connectivity index (χ0v) is 15.2. The van der Waals surface area contributed by atoms with Crippen LogP contribution in [0.4, 0.5) is 20.2 Å². The van der Waals surface area contributed by atoms with Gasteiger partial charge in [-0.3, -0.25) is 9.59 Å². The maximum Gasteiger partial charge on any atom is 0.279 e. The number of carbonyl (C=O) groups is 2. The van der Waals surface area contributed by atoms with Crippen molar-refractivity contribution in [2.24, 2.45) is 0 Å². The number of amides is 2. The fraction of sp³-hybridized carbons (Fsp3) is 0.176. The number of anilines is 2. The van der Waals surface area contributed by atoms with Crippen LogP contribution < -0.4 is 15.5 Å². The van der Waals surface area contributed by atoms with Crippen LogP contribution in [0, 0.1) is 11.6 Å². The first-order valence-electron chi connectivity index (χ1n) is 7.56. The number of para-hydroxylation sites is 1. The highest BCUT2D eigenvalue weighted by Crippen LogP contribution is 2.29. The SMILES string of the molecule is C[NH+](CC(=O)Nc1ccc(F)cc1F)CC(=O)Nc1c(Cl)cccc1Cl. The summed E-state index contributed by atoms with van der Waals surface area (Å²) in [6.45, 7) is -0.138. The quantitative estimate of drug-likeness (QED) is 0.694. The van der Waals surface area contributed by atoms with Gasteiger partial charge in [-0.05, 0) is 24.3 Å². The molecule has 138 valence electrons. The number of hydrogen-bond donors (Lipinski definition) is 3. The van der Waals surface area contributed by atoms with Crippen molar-refractivity contribution < 1.29 is 23.3 Å². The first-order chi connectivity index (χ1) is 12.3. The standard InChI is InChI=1S/C17H15Cl2F2N3O2/c1-24(8-15(25)22-14-6-5-10(20)7-13(14)21)9-16(26)23-17-11(18)3-2-4-12(17)19/h2-7H,8-9H2,1H3,(H,22,25)(H,23,26)/p+1. The molecule has 2 amide bonds. The fourth-order valence-corrected chi connectivity index (χ4v) is 2.69. The Hall–Kier alpha value is -2.22. The third-order valence-electron chi connectivity index (χ3n) is 3.36. The summed E-state index contributed by atoms with van der Waals surface area (Å²) in [5.41, 5.74) is 0.169. The van der Waals surface area contributed by atoms with Crippen molar-refractivity contribution in [1.29, 1.82) is 0 Å². The number of nitrogens with one attached hydrogen (secondary N) is 3. The molecule has 1 unspecified atom stereocenters. The number of rotatable bonds is 6. The molecular formula is C17H16Cl2F2N3O2+. The first kappa shape index (κ1) is 20.1. The van der Waals surface area contributed by atoms with Gasteiger partial charge >= 0.3 is 0 Å². The highest BCUT2D eigenvalue weighted by atomic mass is 35.5. The number of hydrogen-bond acceptors (Lipinski definition) is 2. The molecule has 0 bridgehead atoms. The van der Waals surface area contributed by atoms with Gasteiger partial charge in [-0.15, -0.1) is 0 Å². The van der Waals surface area contributed by atoms with Crippen LogP contribution in [0.15, 0.2) is 36.4 Å². The maximum atomic E-state index is 13.5. The van der Waals surface area contributed by atoms with Gasteiger partial charge in [0, 0.05) is 6.07 Å². The Morgan fingerprint density at radius 2 is 1.58 bits per heavy atom. The summed E-state index contributed by atoms with van der Waals surface area (Å²) in [4.78, 5) is 24.6. The van der Waals surface area contributed by atoms with E-state index in [-0.39, 0.29) is 18.8 Å². The topological polar surface area (TPSA) is 62.6 Å². The van der Waals surface area contributed by atoms with E-state index in [1.807, 2.05) is 0 Å². The van der Waals surface area contributed by atoms with Crippen molar-refractivity contribution in [3.05, 3.63) is 58.1 Å². The molecule has 1 atom stereocenters. The molecule has 26 heavy (non-hydrogen) atoms. The Balaban J connectivity index is 1.88. The van der Waals surface area contributed by atoms with Crippen LogP contribution in [0.1, 0.15) is 0 Å². The van der Waals surface area contributed by atoms with E-state index in [1.54, 1.807) is 25.2 Å². The number of carbonyl (C=O) groups excluding carboxylic acids is 2. The molecule has 0 aliphatic carbocycles. The minimum Gasteiger partial charge on any atom is -0.322 e. The highest BCUT2D eigenvalue weighted by molar-refractivity contribution is 6.39. The second-order valence-electron chi connectivity index (χ2n) is 5.63. The molecule has 0 spiro atoms. The van der Waals surface area contributed by atoms with Gasteiger partial charge in [0.05, 0.1) is 28.5 Å². The van der Waals surface area contributed by atoms with Gasteiger partial charge in [0.2, 0.25) is 0 Å². The summed E-state index contributed by atoms with van der Waals surface area (Å²) >= 11 is 12.0.